The van der Waals surface area contributed by atoms with Gasteiger partial charge in [0.2, 0.25) is 0 Å². The number of nitrogens with zero attached hydrogens (tertiary/aromatic N) is 3. The van der Waals surface area contributed by atoms with Crippen molar-refractivity contribution in [2.24, 2.45) is 0 Å². The van der Waals surface area contributed by atoms with Gasteiger partial charge in [0.05, 0.1) is 22.8 Å². The average molecular weight is 441 g/mol. The lowest BCUT2D eigenvalue weighted by atomic mass is 9.99. The first-order valence-corrected chi connectivity index (χ1v) is 11.0. The van der Waals surface area contributed by atoms with E-state index in [2.05, 4.69) is 25.8 Å². The zero-order valence-corrected chi connectivity index (χ0v) is 17.9. The molecule has 0 bridgehead atoms. The van der Waals surface area contributed by atoms with E-state index < -0.39 is 5.82 Å². The minimum atomic E-state index is -0.420. The molecule has 5 rings (SSSR count). The lowest BCUT2D eigenvalue weighted by Crippen LogP contribution is -2.38. The fraction of sp³-hybridized carbons (Fsp3) is 0.304. The molecule has 0 spiro atoms. The third-order valence-electron chi connectivity index (χ3n) is 6.12. The Hall–Kier alpha value is -2.44. The van der Waals surface area contributed by atoms with Gasteiger partial charge in [-0.1, -0.05) is 30.5 Å². The minimum absolute atomic E-state index is 0.0191. The van der Waals surface area contributed by atoms with Crippen molar-refractivity contribution in [2.75, 3.05) is 0 Å². The molecule has 1 saturated heterocycles. The Kier molecular flexibility index (Phi) is 5.21. The average Bonchev–Trinajstić information content (AvgIpc) is 3.50. The predicted molar refractivity (Wildman–Crippen MR) is 120 cm³/mol. The van der Waals surface area contributed by atoms with Crippen LogP contribution in [0.4, 0.5) is 4.39 Å². The van der Waals surface area contributed by atoms with Crippen LogP contribution in [-0.2, 0) is 0 Å². The molecule has 2 atom stereocenters. The van der Waals surface area contributed by atoms with Crippen LogP contribution in [-0.4, -0.2) is 25.6 Å². The largest absolute Gasteiger partial charge is 0.352 e. The van der Waals surface area contributed by atoms with Gasteiger partial charge in [-0.15, -0.1) is 0 Å². The number of aromatic nitrogens is 2. The van der Waals surface area contributed by atoms with Crippen LogP contribution in [0.2, 0.25) is 5.02 Å². The van der Waals surface area contributed by atoms with E-state index >= 15 is 0 Å². The zero-order chi connectivity index (χ0) is 20.7. The topological polar surface area (TPSA) is 33.1 Å². The molecule has 1 N–H and O–H groups in total. The summed E-state index contributed by atoms with van der Waals surface area (Å²) in [6.45, 7) is 0. The zero-order valence-electron chi connectivity index (χ0n) is 16.3. The first-order chi connectivity index (χ1) is 14.6. The van der Waals surface area contributed by atoms with Gasteiger partial charge in [-0.25, -0.2) is 4.39 Å². The number of rotatable bonds is 4. The molecule has 3 aromatic rings. The molecule has 1 aromatic carbocycles. The summed E-state index contributed by atoms with van der Waals surface area (Å²) in [5, 5.41) is 4.41. The van der Waals surface area contributed by atoms with Crippen molar-refractivity contribution in [3.63, 3.8) is 0 Å². The third-order valence-corrected chi connectivity index (χ3v) is 6.74. The van der Waals surface area contributed by atoms with Crippen molar-refractivity contribution in [2.45, 2.75) is 43.8 Å². The van der Waals surface area contributed by atoms with Crippen LogP contribution in [0, 0.1) is 5.82 Å². The monoisotopic (exact) mass is 440 g/mol. The molecule has 1 aliphatic heterocycles. The van der Waals surface area contributed by atoms with Gasteiger partial charge in [-0.05, 0) is 67.5 Å². The van der Waals surface area contributed by atoms with Crippen LogP contribution in [0.1, 0.15) is 49.2 Å². The van der Waals surface area contributed by atoms with Crippen LogP contribution >= 0.6 is 23.8 Å². The van der Waals surface area contributed by atoms with Gasteiger partial charge in [-0.3, -0.25) is 4.98 Å². The maximum absolute atomic E-state index is 13.8. The van der Waals surface area contributed by atoms with Crippen LogP contribution < -0.4 is 5.32 Å². The van der Waals surface area contributed by atoms with Crippen molar-refractivity contribution in [3.05, 3.63) is 83.2 Å². The minimum Gasteiger partial charge on any atom is -0.352 e. The van der Waals surface area contributed by atoms with Crippen molar-refractivity contribution >= 4 is 28.9 Å². The van der Waals surface area contributed by atoms with Crippen LogP contribution in [0.3, 0.4) is 0 Å². The summed E-state index contributed by atoms with van der Waals surface area (Å²) in [5.41, 5.74) is 2.85. The molecular weight excluding hydrogens is 419 g/mol. The normalized spacial score (nSPS) is 21.9. The summed E-state index contributed by atoms with van der Waals surface area (Å²) in [7, 11) is 0. The van der Waals surface area contributed by atoms with Gasteiger partial charge in [0.15, 0.2) is 5.11 Å². The maximum atomic E-state index is 13.8. The number of benzene rings is 1. The summed E-state index contributed by atoms with van der Waals surface area (Å²) in [4.78, 5) is 6.98. The van der Waals surface area contributed by atoms with E-state index in [-0.39, 0.29) is 17.1 Å². The fourth-order valence-corrected chi connectivity index (χ4v) is 5.33. The first-order valence-electron chi connectivity index (χ1n) is 10.3. The quantitative estimate of drug-likeness (QED) is 0.537. The van der Waals surface area contributed by atoms with Gasteiger partial charge < -0.3 is 14.8 Å². The molecule has 2 aromatic heterocycles. The molecule has 7 heteroatoms. The van der Waals surface area contributed by atoms with E-state index in [4.69, 9.17) is 23.8 Å². The van der Waals surface area contributed by atoms with E-state index in [1.165, 1.54) is 18.9 Å². The summed E-state index contributed by atoms with van der Waals surface area (Å²) in [6.07, 6.45) is 8.52. The Morgan fingerprint density at radius 1 is 1.10 bits per heavy atom. The summed E-state index contributed by atoms with van der Waals surface area (Å²) in [5.74, 6) is -0.420. The van der Waals surface area contributed by atoms with E-state index in [1.54, 1.807) is 12.1 Å². The smallest absolute Gasteiger partial charge is 0.170 e. The summed E-state index contributed by atoms with van der Waals surface area (Å²) >= 11 is 11.9. The van der Waals surface area contributed by atoms with Crippen molar-refractivity contribution in [3.8, 4) is 5.69 Å². The Morgan fingerprint density at radius 3 is 2.67 bits per heavy atom. The summed E-state index contributed by atoms with van der Waals surface area (Å²) < 4.78 is 15.8. The second-order valence-electron chi connectivity index (χ2n) is 7.87. The lowest BCUT2D eigenvalue weighted by molar-refractivity contribution is 0.239. The highest BCUT2D eigenvalue weighted by Crippen LogP contribution is 2.43. The molecule has 0 radical (unpaired) electrons. The number of nitrogens with one attached hydrogen (secondary N) is 1. The number of hydrogen-bond donors (Lipinski definition) is 1. The Labute approximate surface area is 185 Å². The van der Waals surface area contributed by atoms with Crippen molar-refractivity contribution in [1.82, 2.24) is 19.8 Å². The number of pyridine rings is 1. The van der Waals surface area contributed by atoms with Gasteiger partial charge in [0.1, 0.15) is 5.82 Å². The SMILES string of the molecule is Fc1ccc(-n2cccc2[C@H]2[C@H](c3ccccn3)NC(=S)N2C2CCCC2)cc1Cl. The highest BCUT2D eigenvalue weighted by Gasteiger charge is 2.44. The Morgan fingerprint density at radius 2 is 1.93 bits per heavy atom. The molecule has 30 heavy (non-hydrogen) atoms. The van der Waals surface area contributed by atoms with Crippen LogP contribution in [0.15, 0.2) is 60.9 Å². The highest BCUT2D eigenvalue weighted by atomic mass is 35.5. The van der Waals surface area contributed by atoms with Gasteiger partial charge >= 0.3 is 0 Å². The molecule has 1 saturated carbocycles. The van der Waals surface area contributed by atoms with Crippen molar-refractivity contribution < 1.29 is 4.39 Å². The van der Waals surface area contributed by atoms with E-state index in [0.29, 0.717) is 6.04 Å². The molecule has 3 heterocycles. The van der Waals surface area contributed by atoms with Crippen LogP contribution in [0.25, 0.3) is 5.69 Å². The molecule has 1 aliphatic carbocycles. The highest BCUT2D eigenvalue weighted by molar-refractivity contribution is 7.80. The van der Waals surface area contributed by atoms with E-state index in [1.807, 2.05) is 36.7 Å². The summed E-state index contributed by atoms with van der Waals surface area (Å²) in [6, 6.07) is 15.2. The van der Waals surface area contributed by atoms with Crippen LogP contribution in [0.5, 0.6) is 0 Å². The number of thiocarbonyl (C=S) groups is 1. The number of halogens is 2. The van der Waals surface area contributed by atoms with Gasteiger partial charge in [0, 0.05) is 29.8 Å². The molecule has 154 valence electrons. The van der Waals surface area contributed by atoms with Gasteiger partial charge in [-0.2, -0.15) is 0 Å². The van der Waals surface area contributed by atoms with E-state index in [9.17, 15) is 4.39 Å². The number of hydrogen-bond acceptors (Lipinski definition) is 2. The standard InChI is InChI=1S/C23H22ClFN4S/c24-17-14-16(10-11-18(17)25)28-13-5-9-20(28)22-21(19-8-3-4-12-26-19)27-23(30)29(22)15-6-1-2-7-15/h3-5,8-15,21-22H,1-2,6-7H2,(H,27,30)/t21-,22-/m0/s1. The third kappa shape index (κ3) is 3.38. The molecular formula is C23H22ClFN4S. The lowest BCUT2D eigenvalue weighted by Gasteiger charge is -2.33. The Bertz CT molecular complexity index is 1060. The van der Waals surface area contributed by atoms with E-state index in [0.717, 1.165) is 35.0 Å². The Balaban J connectivity index is 1.62. The van der Waals surface area contributed by atoms with Crippen molar-refractivity contribution in [1.29, 1.82) is 0 Å². The second kappa shape index (κ2) is 8.00. The molecule has 0 amide bonds. The molecule has 2 aliphatic rings. The van der Waals surface area contributed by atoms with Gasteiger partial charge in [0.25, 0.3) is 0 Å². The molecule has 2 fully saturated rings. The first kappa shape index (κ1) is 19.5. The maximum Gasteiger partial charge on any atom is 0.170 e. The molecule has 4 nitrogen and oxygen atoms in total. The fourth-order valence-electron chi connectivity index (χ4n) is 4.76. The second-order valence-corrected chi connectivity index (χ2v) is 8.67. The molecule has 0 unspecified atom stereocenters. The predicted octanol–water partition coefficient (Wildman–Crippen LogP) is 5.58.